The molecule has 19 heavy (non-hydrogen) atoms. The average molecular weight is 262 g/mol. The van der Waals surface area contributed by atoms with Gasteiger partial charge in [-0.15, -0.1) is 0 Å². The first kappa shape index (κ1) is 13.0. The minimum absolute atomic E-state index is 0.0403. The summed E-state index contributed by atoms with van der Waals surface area (Å²) in [4.78, 5) is 25.0. The predicted molar refractivity (Wildman–Crippen MR) is 70.7 cm³/mol. The Bertz CT molecular complexity index is 633. The average Bonchev–Trinajstić information content (AvgIpc) is 2.78. The Kier molecular flexibility index (Phi) is 3.48. The van der Waals surface area contributed by atoms with Crippen LogP contribution in [0, 0.1) is 10.1 Å². The molecule has 0 unspecified atom stereocenters. The second-order valence-corrected chi connectivity index (χ2v) is 4.44. The van der Waals surface area contributed by atoms with Crippen molar-refractivity contribution in [3.8, 4) is 0 Å². The number of amides is 1. The zero-order valence-corrected chi connectivity index (χ0v) is 10.6. The summed E-state index contributed by atoms with van der Waals surface area (Å²) < 4.78 is 0. The van der Waals surface area contributed by atoms with Crippen LogP contribution < -0.4 is 10.9 Å². The first-order valence-electron chi connectivity index (χ1n) is 5.80. The number of fused-ring (bicyclic) bond motifs is 1. The van der Waals surface area contributed by atoms with E-state index in [9.17, 15) is 14.9 Å². The van der Waals surface area contributed by atoms with E-state index < -0.39 is 4.92 Å². The highest BCUT2D eigenvalue weighted by atomic mass is 16.6. The van der Waals surface area contributed by atoms with Crippen LogP contribution in [0.25, 0.3) is 10.9 Å². The minimum atomic E-state index is -0.479. The highest BCUT2D eigenvalue weighted by Crippen LogP contribution is 2.25. The van der Waals surface area contributed by atoms with Crippen molar-refractivity contribution in [2.75, 3.05) is 0 Å². The summed E-state index contributed by atoms with van der Waals surface area (Å²) in [7, 11) is 0. The molecule has 0 saturated carbocycles. The lowest BCUT2D eigenvalue weighted by molar-refractivity contribution is -0.383. The molecule has 7 heteroatoms. The number of benzene rings is 1. The predicted octanol–water partition coefficient (Wildman–Crippen LogP) is 1.72. The van der Waals surface area contributed by atoms with Crippen LogP contribution in [0.4, 0.5) is 5.69 Å². The summed E-state index contributed by atoms with van der Waals surface area (Å²) in [6.07, 6.45) is 1.32. The van der Waals surface area contributed by atoms with Crippen molar-refractivity contribution in [3.63, 3.8) is 0 Å². The number of nitro groups is 1. The van der Waals surface area contributed by atoms with Gasteiger partial charge < -0.3 is 4.98 Å². The van der Waals surface area contributed by atoms with Gasteiger partial charge in [-0.1, -0.05) is 0 Å². The smallest absolute Gasteiger partial charge is 0.294 e. The van der Waals surface area contributed by atoms with E-state index >= 15 is 0 Å². The summed E-state index contributed by atoms with van der Waals surface area (Å²) in [5.41, 5.74) is 6.27. The van der Waals surface area contributed by atoms with Crippen LogP contribution in [0.1, 0.15) is 24.2 Å². The van der Waals surface area contributed by atoms with Crippen LogP contribution in [0.15, 0.2) is 24.4 Å². The molecule has 0 aliphatic rings. The fourth-order valence-corrected chi connectivity index (χ4v) is 1.68. The molecule has 1 heterocycles. The Labute approximate surface area is 109 Å². The molecule has 0 bridgehead atoms. The van der Waals surface area contributed by atoms with E-state index in [0.717, 1.165) is 0 Å². The van der Waals surface area contributed by atoms with Gasteiger partial charge in [-0.3, -0.25) is 20.3 Å². The van der Waals surface area contributed by atoms with E-state index in [0.29, 0.717) is 16.5 Å². The topological polar surface area (TPSA) is 100 Å². The van der Waals surface area contributed by atoms with E-state index in [-0.39, 0.29) is 17.6 Å². The first-order chi connectivity index (χ1) is 8.99. The van der Waals surface area contributed by atoms with E-state index in [1.54, 1.807) is 12.1 Å². The quantitative estimate of drug-likeness (QED) is 0.577. The van der Waals surface area contributed by atoms with Crippen molar-refractivity contribution in [3.05, 3.63) is 40.1 Å². The van der Waals surface area contributed by atoms with Gasteiger partial charge >= 0.3 is 0 Å². The number of aromatic nitrogens is 1. The van der Waals surface area contributed by atoms with E-state index in [4.69, 9.17) is 0 Å². The van der Waals surface area contributed by atoms with Crippen molar-refractivity contribution >= 4 is 22.5 Å². The number of rotatable bonds is 4. The molecule has 7 nitrogen and oxygen atoms in total. The van der Waals surface area contributed by atoms with Gasteiger partial charge in [0.05, 0.1) is 22.0 Å². The van der Waals surface area contributed by atoms with E-state index in [1.165, 1.54) is 12.3 Å². The Morgan fingerprint density at radius 1 is 1.42 bits per heavy atom. The van der Waals surface area contributed by atoms with Crippen molar-refractivity contribution < 1.29 is 9.72 Å². The molecule has 0 saturated heterocycles. The van der Waals surface area contributed by atoms with Gasteiger partial charge in [-0.25, -0.2) is 5.43 Å². The lowest BCUT2D eigenvalue weighted by atomic mass is 10.1. The van der Waals surface area contributed by atoms with E-state index in [1.807, 2.05) is 13.8 Å². The molecular formula is C12H14N4O3. The Hall–Kier alpha value is -2.41. The third-order valence-corrected chi connectivity index (χ3v) is 2.59. The zero-order valence-electron chi connectivity index (χ0n) is 10.6. The van der Waals surface area contributed by atoms with Crippen LogP contribution in [0.2, 0.25) is 0 Å². The number of hydrogen-bond donors (Lipinski definition) is 3. The summed E-state index contributed by atoms with van der Waals surface area (Å²) in [5.74, 6) is -0.328. The monoisotopic (exact) mass is 262 g/mol. The lowest BCUT2D eigenvalue weighted by Gasteiger charge is -2.09. The fraction of sp³-hybridized carbons (Fsp3) is 0.250. The van der Waals surface area contributed by atoms with Crippen molar-refractivity contribution in [1.29, 1.82) is 0 Å². The number of carbonyl (C=O) groups excluding carboxylic acids is 1. The van der Waals surface area contributed by atoms with Crippen LogP contribution in [-0.4, -0.2) is 21.9 Å². The molecule has 0 aliphatic heterocycles. The number of hydrazine groups is 1. The van der Waals surface area contributed by atoms with Gasteiger partial charge in [-0.2, -0.15) is 0 Å². The molecule has 0 atom stereocenters. The number of aromatic amines is 1. The van der Waals surface area contributed by atoms with Gasteiger partial charge in [0.1, 0.15) is 0 Å². The fourth-order valence-electron chi connectivity index (χ4n) is 1.68. The molecule has 1 aromatic carbocycles. The largest absolute Gasteiger partial charge is 0.355 e. The van der Waals surface area contributed by atoms with Gasteiger partial charge in [0.2, 0.25) is 0 Å². The molecule has 2 aromatic rings. The first-order valence-corrected chi connectivity index (χ1v) is 5.80. The number of hydrogen-bond acceptors (Lipinski definition) is 4. The van der Waals surface area contributed by atoms with Crippen LogP contribution in [0.5, 0.6) is 0 Å². The third-order valence-electron chi connectivity index (χ3n) is 2.59. The standard InChI is InChI=1S/C12H14N4O3/c1-7(2)14-15-12(17)8-3-4-10-9(5-8)11(6-13-10)16(18)19/h3-7,13-14H,1-2H3,(H,15,17). The molecule has 0 aliphatic carbocycles. The van der Waals surface area contributed by atoms with Crippen molar-refractivity contribution in [2.45, 2.75) is 19.9 Å². The Morgan fingerprint density at radius 3 is 2.79 bits per heavy atom. The maximum atomic E-state index is 11.8. The van der Waals surface area contributed by atoms with Gasteiger partial charge in [0, 0.05) is 11.6 Å². The summed E-state index contributed by atoms with van der Waals surface area (Å²) in [6, 6.07) is 4.86. The molecule has 0 spiro atoms. The maximum absolute atomic E-state index is 11.8. The SMILES string of the molecule is CC(C)NNC(=O)c1ccc2[nH]cc([N+](=O)[O-])c2c1. The molecule has 100 valence electrons. The molecule has 0 fully saturated rings. The molecule has 1 amide bonds. The highest BCUT2D eigenvalue weighted by molar-refractivity contribution is 6.00. The van der Waals surface area contributed by atoms with Crippen molar-refractivity contribution in [2.24, 2.45) is 0 Å². The second-order valence-electron chi connectivity index (χ2n) is 4.44. The second kappa shape index (κ2) is 5.07. The van der Waals surface area contributed by atoms with Crippen LogP contribution in [-0.2, 0) is 0 Å². The van der Waals surface area contributed by atoms with Crippen LogP contribution >= 0.6 is 0 Å². The summed E-state index contributed by atoms with van der Waals surface area (Å²) in [5, 5.41) is 11.3. The normalized spacial score (nSPS) is 10.9. The maximum Gasteiger partial charge on any atom is 0.294 e. The number of nitrogens with zero attached hydrogens (tertiary/aromatic N) is 1. The Balaban J connectivity index is 2.32. The third kappa shape index (κ3) is 2.71. The zero-order chi connectivity index (χ0) is 14.0. The molecule has 2 rings (SSSR count). The molecule has 3 N–H and O–H groups in total. The molecular weight excluding hydrogens is 248 g/mol. The number of H-pyrrole nitrogens is 1. The Morgan fingerprint density at radius 2 is 2.16 bits per heavy atom. The summed E-state index contributed by atoms with van der Waals surface area (Å²) in [6.45, 7) is 3.78. The molecule has 1 aromatic heterocycles. The van der Waals surface area contributed by atoms with Gasteiger partial charge in [0.25, 0.3) is 11.6 Å². The van der Waals surface area contributed by atoms with Gasteiger partial charge in [-0.05, 0) is 32.0 Å². The molecule has 0 radical (unpaired) electrons. The minimum Gasteiger partial charge on any atom is -0.355 e. The number of nitrogens with one attached hydrogen (secondary N) is 3. The lowest BCUT2D eigenvalue weighted by Crippen LogP contribution is -2.41. The van der Waals surface area contributed by atoms with E-state index in [2.05, 4.69) is 15.8 Å². The highest BCUT2D eigenvalue weighted by Gasteiger charge is 2.16. The number of carbonyl (C=O) groups is 1. The summed E-state index contributed by atoms with van der Waals surface area (Å²) >= 11 is 0. The van der Waals surface area contributed by atoms with Crippen LogP contribution in [0.3, 0.4) is 0 Å². The van der Waals surface area contributed by atoms with Crippen molar-refractivity contribution in [1.82, 2.24) is 15.8 Å². The van der Waals surface area contributed by atoms with Gasteiger partial charge in [0.15, 0.2) is 0 Å².